The number of nitrogens with one attached hydrogen (secondary N) is 2. The number of hydrogen-bond acceptors (Lipinski definition) is 8. The molecule has 2 amide bonds. The van der Waals surface area contributed by atoms with Gasteiger partial charge in [-0.3, -0.25) is 9.59 Å². The molecule has 1 spiro atoms. The Hall–Kier alpha value is -3.05. The van der Waals surface area contributed by atoms with Crippen LogP contribution in [0.3, 0.4) is 0 Å². The smallest absolute Gasteiger partial charge is 0.298 e. The summed E-state index contributed by atoms with van der Waals surface area (Å²) >= 11 is 6.08. The summed E-state index contributed by atoms with van der Waals surface area (Å²) in [4.78, 5) is 31.6. The van der Waals surface area contributed by atoms with E-state index in [1.807, 2.05) is 6.07 Å². The van der Waals surface area contributed by atoms with E-state index in [9.17, 15) is 18.0 Å². The lowest BCUT2D eigenvalue weighted by Gasteiger charge is -2.45. The number of rotatable bonds is 6. The van der Waals surface area contributed by atoms with E-state index in [2.05, 4.69) is 19.9 Å². The van der Waals surface area contributed by atoms with Crippen molar-refractivity contribution in [1.29, 1.82) is 0 Å². The van der Waals surface area contributed by atoms with E-state index in [0.717, 1.165) is 69.1 Å². The summed E-state index contributed by atoms with van der Waals surface area (Å²) in [5.74, 6) is -1.33. The first-order chi connectivity index (χ1) is 18.7. The number of anilines is 1. The number of furan rings is 1. The zero-order valence-electron chi connectivity index (χ0n) is 21.4. The Bertz CT molecular complexity index is 1490. The van der Waals surface area contributed by atoms with Gasteiger partial charge in [-0.1, -0.05) is 18.0 Å². The number of amides is 2. The van der Waals surface area contributed by atoms with Crippen LogP contribution in [0.15, 0.2) is 44.3 Å². The number of benzene rings is 1. The second kappa shape index (κ2) is 10.2. The molecule has 0 radical (unpaired) electrons. The van der Waals surface area contributed by atoms with Crippen LogP contribution in [0.4, 0.5) is 6.01 Å². The molecule has 6 rings (SSSR count). The van der Waals surface area contributed by atoms with Gasteiger partial charge in [-0.2, -0.15) is 13.4 Å². The molecule has 1 aromatic carbocycles. The average Bonchev–Trinajstić information content (AvgIpc) is 3.53. The van der Waals surface area contributed by atoms with Crippen molar-refractivity contribution in [3.05, 3.63) is 41.1 Å². The molecule has 3 aromatic rings. The van der Waals surface area contributed by atoms with Crippen molar-refractivity contribution >= 4 is 50.6 Å². The third-order valence-electron chi connectivity index (χ3n) is 8.60. The molecule has 1 saturated heterocycles. The number of sulfonamides is 1. The largest absolute Gasteiger partial charge is 0.438 e. The molecule has 3 fully saturated rings. The number of hydrogen-bond donors (Lipinski definition) is 2. The van der Waals surface area contributed by atoms with Gasteiger partial charge in [-0.25, -0.2) is 4.72 Å². The summed E-state index contributed by atoms with van der Waals surface area (Å²) in [7, 11) is -4.15. The van der Waals surface area contributed by atoms with Crippen molar-refractivity contribution < 1.29 is 26.8 Å². The van der Waals surface area contributed by atoms with Gasteiger partial charge in [0.2, 0.25) is 11.0 Å². The first-order valence-corrected chi connectivity index (χ1v) is 15.3. The Morgan fingerprint density at radius 1 is 1.00 bits per heavy atom. The van der Waals surface area contributed by atoms with E-state index in [-0.39, 0.29) is 23.1 Å². The van der Waals surface area contributed by atoms with Crippen LogP contribution in [-0.2, 0) is 14.8 Å². The zero-order chi connectivity index (χ0) is 27.2. The van der Waals surface area contributed by atoms with Crippen LogP contribution in [0.25, 0.3) is 11.1 Å². The summed E-state index contributed by atoms with van der Waals surface area (Å²) in [5.41, 5.74) is 1.72. The topological polar surface area (TPSA) is 135 Å². The van der Waals surface area contributed by atoms with Gasteiger partial charge in [0.15, 0.2) is 11.3 Å². The van der Waals surface area contributed by atoms with Crippen molar-refractivity contribution in [3.8, 4) is 0 Å². The molecule has 2 aliphatic carbocycles. The average molecular weight is 575 g/mol. The normalized spacial score (nSPS) is 20.2. The Morgan fingerprint density at radius 3 is 2.44 bits per heavy atom. The maximum atomic E-state index is 12.8. The lowest BCUT2D eigenvalue weighted by atomic mass is 9.67. The molecule has 0 bridgehead atoms. The van der Waals surface area contributed by atoms with Crippen LogP contribution in [0.2, 0.25) is 5.02 Å². The lowest BCUT2D eigenvalue weighted by molar-refractivity contribution is -0.125. The third kappa shape index (κ3) is 5.38. The monoisotopic (exact) mass is 574 g/mol. The number of nitrogens with zero attached hydrogens (tertiary/aromatic N) is 2. The van der Waals surface area contributed by atoms with E-state index < -0.39 is 26.9 Å². The SMILES string of the molecule is O=C(NC1CCC2(CC1)CCN(c1nc3cc(Cl)ccc3o1)CC2)c1ccc(S(=O)(=O)NC(=O)C2CCC2)o1. The molecule has 2 aromatic heterocycles. The molecular formula is C27H31ClN4O6S. The standard InChI is InChI=1S/C27H31ClN4O6S/c28-18-4-5-21-20(16-18)30-26(38-21)32-14-12-27(13-15-32)10-8-19(9-11-27)29-25(34)22-6-7-23(37-22)39(35,36)31-24(33)17-2-1-3-17/h4-7,16-17,19H,1-3,8-15H2,(H,29,34)(H,31,33). The minimum absolute atomic E-state index is 0.00795. The van der Waals surface area contributed by atoms with Crippen LogP contribution in [-0.4, -0.2) is 44.3 Å². The quantitative estimate of drug-likeness (QED) is 0.435. The summed E-state index contributed by atoms with van der Waals surface area (Å²) < 4.78 is 38.3. The van der Waals surface area contributed by atoms with Gasteiger partial charge in [0.25, 0.3) is 21.9 Å². The van der Waals surface area contributed by atoms with Crippen molar-refractivity contribution in [1.82, 2.24) is 15.0 Å². The van der Waals surface area contributed by atoms with Gasteiger partial charge < -0.3 is 19.1 Å². The zero-order valence-corrected chi connectivity index (χ0v) is 23.0. The highest BCUT2D eigenvalue weighted by molar-refractivity contribution is 7.89. The molecule has 0 atom stereocenters. The van der Waals surface area contributed by atoms with Crippen molar-refractivity contribution in [2.45, 2.75) is 68.9 Å². The Kier molecular flexibility index (Phi) is 6.83. The molecule has 208 valence electrons. The fourth-order valence-corrected chi connectivity index (χ4v) is 7.00. The van der Waals surface area contributed by atoms with Crippen molar-refractivity contribution in [2.75, 3.05) is 18.0 Å². The highest BCUT2D eigenvalue weighted by Gasteiger charge is 2.39. The number of oxazole rings is 1. The molecule has 3 aliphatic rings. The molecule has 3 heterocycles. The van der Waals surface area contributed by atoms with E-state index in [0.29, 0.717) is 23.9 Å². The Morgan fingerprint density at radius 2 is 1.74 bits per heavy atom. The van der Waals surface area contributed by atoms with E-state index >= 15 is 0 Å². The van der Waals surface area contributed by atoms with Crippen molar-refractivity contribution in [2.24, 2.45) is 11.3 Å². The fraction of sp³-hybridized carbons (Fsp3) is 0.519. The van der Waals surface area contributed by atoms with Gasteiger partial charge >= 0.3 is 0 Å². The van der Waals surface area contributed by atoms with E-state index in [1.54, 1.807) is 12.1 Å². The van der Waals surface area contributed by atoms with E-state index in [1.165, 1.54) is 12.1 Å². The molecule has 10 nitrogen and oxygen atoms in total. The molecule has 1 aliphatic heterocycles. The van der Waals surface area contributed by atoms with E-state index in [4.69, 9.17) is 20.4 Å². The number of carbonyl (C=O) groups excluding carboxylic acids is 2. The fourth-order valence-electron chi connectivity index (χ4n) is 5.85. The summed E-state index contributed by atoms with van der Waals surface area (Å²) in [6.45, 7) is 1.72. The summed E-state index contributed by atoms with van der Waals surface area (Å²) in [6, 6.07) is 8.60. The third-order valence-corrected chi connectivity index (χ3v) is 10.0. The minimum Gasteiger partial charge on any atom is -0.438 e. The maximum Gasteiger partial charge on any atom is 0.298 e. The molecule has 0 unspecified atom stereocenters. The van der Waals surface area contributed by atoms with Crippen LogP contribution >= 0.6 is 11.6 Å². The first-order valence-electron chi connectivity index (χ1n) is 13.5. The number of halogens is 1. The molecule has 2 saturated carbocycles. The molecule has 12 heteroatoms. The van der Waals surface area contributed by atoms with Gasteiger partial charge in [0.05, 0.1) is 0 Å². The second-order valence-corrected chi connectivity index (χ2v) is 13.1. The minimum atomic E-state index is -4.15. The van der Waals surface area contributed by atoms with Gasteiger partial charge in [-0.05, 0) is 87.1 Å². The lowest BCUT2D eigenvalue weighted by Crippen LogP contribution is -2.45. The predicted octanol–water partition coefficient (Wildman–Crippen LogP) is 4.64. The second-order valence-electron chi connectivity index (χ2n) is 11.1. The number of carbonyl (C=O) groups is 2. The number of aromatic nitrogens is 1. The highest BCUT2D eigenvalue weighted by atomic mass is 35.5. The van der Waals surface area contributed by atoms with Crippen LogP contribution in [0.5, 0.6) is 0 Å². The maximum absolute atomic E-state index is 12.8. The summed E-state index contributed by atoms with van der Waals surface area (Å²) in [5, 5.41) is 3.19. The molecular weight excluding hydrogens is 544 g/mol. The highest BCUT2D eigenvalue weighted by Crippen LogP contribution is 2.45. The van der Waals surface area contributed by atoms with Crippen LogP contribution in [0, 0.1) is 11.3 Å². The Labute approximate surface area is 231 Å². The van der Waals surface area contributed by atoms with Crippen LogP contribution in [0.1, 0.15) is 68.3 Å². The van der Waals surface area contributed by atoms with Gasteiger partial charge in [-0.15, -0.1) is 0 Å². The predicted molar refractivity (Wildman–Crippen MR) is 144 cm³/mol. The Balaban J connectivity index is 0.998. The first kappa shape index (κ1) is 26.2. The van der Waals surface area contributed by atoms with Crippen molar-refractivity contribution in [3.63, 3.8) is 0 Å². The number of piperidine rings is 1. The molecule has 39 heavy (non-hydrogen) atoms. The summed E-state index contributed by atoms with van der Waals surface area (Å²) in [6.07, 6.45) is 8.02. The van der Waals surface area contributed by atoms with Gasteiger partial charge in [0, 0.05) is 30.1 Å². The van der Waals surface area contributed by atoms with Crippen LogP contribution < -0.4 is 14.9 Å². The number of fused-ring (bicyclic) bond motifs is 1. The van der Waals surface area contributed by atoms with Gasteiger partial charge in [0.1, 0.15) is 5.52 Å². The molecule has 2 N–H and O–H groups in total.